The maximum Gasteiger partial charge on any atom is 0.424 e. The van der Waals surface area contributed by atoms with Crippen LogP contribution in [-0.4, -0.2) is 29.4 Å². The van der Waals surface area contributed by atoms with Gasteiger partial charge in [-0.1, -0.05) is 18.2 Å². The summed E-state index contributed by atoms with van der Waals surface area (Å²) in [6.45, 7) is 0. The van der Waals surface area contributed by atoms with Crippen LogP contribution in [0.2, 0.25) is 0 Å². The van der Waals surface area contributed by atoms with Crippen LogP contribution in [0.3, 0.4) is 0 Å². The SMILES string of the molecule is [N-]=[N+]=C1C(=O)Oc2ccccc2C1S(=O)(=O)O. The molecule has 2 rings (SSSR count). The summed E-state index contributed by atoms with van der Waals surface area (Å²) < 4.78 is 36.3. The van der Waals surface area contributed by atoms with Gasteiger partial charge in [-0.15, -0.1) is 0 Å². The fourth-order valence-corrected chi connectivity index (χ4v) is 2.53. The molecule has 0 saturated heterocycles. The van der Waals surface area contributed by atoms with Gasteiger partial charge in [0.05, 0.1) is 0 Å². The largest absolute Gasteiger partial charge is 0.424 e. The number of nitrogens with zero attached hydrogens (tertiary/aromatic N) is 2. The van der Waals surface area contributed by atoms with E-state index in [1.807, 2.05) is 0 Å². The van der Waals surface area contributed by atoms with Gasteiger partial charge in [0.15, 0.2) is 0 Å². The Labute approximate surface area is 96.0 Å². The molecule has 1 aliphatic heterocycles. The first-order chi connectivity index (χ1) is 7.95. The Hall–Kier alpha value is -2.02. The second-order valence-electron chi connectivity index (χ2n) is 3.31. The average molecular weight is 254 g/mol. The molecule has 0 aromatic heterocycles. The number of rotatable bonds is 1. The van der Waals surface area contributed by atoms with Crippen molar-refractivity contribution in [3.8, 4) is 5.75 Å². The number of ether oxygens (including phenoxy) is 1. The Kier molecular flexibility index (Phi) is 2.55. The van der Waals surface area contributed by atoms with E-state index >= 15 is 0 Å². The van der Waals surface area contributed by atoms with Crippen LogP contribution in [0.1, 0.15) is 10.8 Å². The fourth-order valence-electron chi connectivity index (χ4n) is 1.59. The minimum absolute atomic E-state index is 0.00697. The van der Waals surface area contributed by atoms with Crippen molar-refractivity contribution in [1.82, 2.24) is 0 Å². The summed E-state index contributed by atoms with van der Waals surface area (Å²) in [5.41, 5.74) is 7.90. The summed E-state index contributed by atoms with van der Waals surface area (Å²) in [5, 5.41) is -1.73. The highest BCUT2D eigenvalue weighted by Gasteiger charge is 2.48. The van der Waals surface area contributed by atoms with Crippen molar-refractivity contribution >= 4 is 21.8 Å². The van der Waals surface area contributed by atoms with Crippen LogP contribution in [0, 0.1) is 0 Å². The summed E-state index contributed by atoms with van der Waals surface area (Å²) >= 11 is 0. The van der Waals surface area contributed by atoms with Gasteiger partial charge < -0.3 is 10.3 Å². The number of hydrogen-bond donors (Lipinski definition) is 1. The monoisotopic (exact) mass is 254 g/mol. The Morgan fingerprint density at radius 3 is 2.59 bits per heavy atom. The predicted molar refractivity (Wildman–Crippen MR) is 55.0 cm³/mol. The number of benzene rings is 1. The van der Waals surface area contributed by atoms with Crippen molar-refractivity contribution in [3.63, 3.8) is 0 Å². The lowest BCUT2D eigenvalue weighted by Crippen LogP contribution is -2.36. The lowest BCUT2D eigenvalue weighted by Gasteiger charge is -2.18. The van der Waals surface area contributed by atoms with Gasteiger partial charge in [0.1, 0.15) is 5.75 Å². The summed E-state index contributed by atoms with van der Waals surface area (Å²) in [5.74, 6) is -1.11. The maximum absolute atomic E-state index is 11.4. The number of fused-ring (bicyclic) bond motifs is 1. The van der Waals surface area contributed by atoms with Crippen molar-refractivity contribution in [2.45, 2.75) is 5.25 Å². The van der Waals surface area contributed by atoms with Crippen molar-refractivity contribution < 1.29 is 27.3 Å². The van der Waals surface area contributed by atoms with Crippen LogP contribution in [0.15, 0.2) is 24.3 Å². The summed E-state index contributed by atoms with van der Waals surface area (Å²) in [4.78, 5) is 13.9. The topological polar surface area (TPSA) is 117 Å². The van der Waals surface area contributed by atoms with Gasteiger partial charge in [0.25, 0.3) is 10.1 Å². The molecule has 1 atom stereocenters. The molecule has 1 unspecified atom stereocenters. The Bertz CT molecular complexity index is 645. The second-order valence-corrected chi connectivity index (χ2v) is 4.81. The minimum Gasteiger partial charge on any atom is -0.418 e. The highest BCUT2D eigenvalue weighted by atomic mass is 32.2. The molecule has 0 aliphatic carbocycles. The molecule has 0 radical (unpaired) electrons. The predicted octanol–water partition coefficient (Wildman–Crippen LogP) is 0.205. The van der Waals surface area contributed by atoms with E-state index in [2.05, 4.69) is 4.79 Å². The molecule has 8 heteroatoms. The Morgan fingerprint density at radius 1 is 1.35 bits per heavy atom. The molecule has 1 aliphatic rings. The normalized spacial score (nSPS) is 19.2. The molecule has 1 aromatic carbocycles. The first-order valence-electron chi connectivity index (χ1n) is 4.44. The Morgan fingerprint density at radius 2 is 2.00 bits per heavy atom. The van der Waals surface area contributed by atoms with Crippen LogP contribution in [0.25, 0.3) is 5.53 Å². The third kappa shape index (κ3) is 1.84. The van der Waals surface area contributed by atoms with Gasteiger partial charge >= 0.3 is 11.7 Å². The number of hydrogen-bond acceptors (Lipinski definition) is 4. The fraction of sp³-hybridized carbons (Fsp3) is 0.111. The van der Waals surface area contributed by atoms with Gasteiger partial charge in [-0.25, -0.2) is 4.79 Å². The highest BCUT2D eigenvalue weighted by molar-refractivity contribution is 7.87. The van der Waals surface area contributed by atoms with Gasteiger partial charge in [-0.05, 0) is 6.07 Å². The van der Waals surface area contributed by atoms with Crippen LogP contribution >= 0.6 is 0 Å². The van der Waals surface area contributed by atoms with Crippen LogP contribution in [0.4, 0.5) is 0 Å². The average Bonchev–Trinajstić information content (AvgIpc) is 2.25. The molecule has 88 valence electrons. The van der Waals surface area contributed by atoms with Crippen LogP contribution < -0.4 is 4.74 Å². The van der Waals surface area contributed by atoms with E-state index in [-0.39, 0.29) is 11.3 Å². The molecule has 0 amide bonds. The van der Waals surface area contributed by atoms with Gasteiger partial charge in [-0.2, -0.15) is 13.2 Å². The van der Waals surface area contributed by atoms with E-state index in [0.717, 1.165) is 0 Å². The van der Waals surface area contributed by atoms with E-state index in [0.29, 0.717) is 0 Å². The van der Waals surface area contributed by atoms with Crippen molar-refractivity contribution in [2.75, 3.05) is 0 Å². The Balaban J connectivity index is 2.76. The van der Waals surface area contributed by atoms with Gasteiger partial charge in [0, 0.05) is 5.56 Å². The number of esters is 1. The molecular weight excluding hydrogens is 248 g/mol. The van der Waals surface area contributed by atoms with Gasteiger partial charge in [0.2, 0.25) is 5.25 Å². The molecule has 0 spiro atoms. The summed E-state index contributed by atoms with van der Waals surface area (Å²) in [7, 11) is -4.63. The second kappa shape index (κ2) is 3.77. The molecule has 1 N–H and O–H groups in total. The maximum atomic E-state index is 11.4. The quantitative estimate of drug-likeness (QED) is 0.252. The van der Waals surface area contributed by atoms with Gasteiger partial charge in [-0.3, -0.25) is 4.55 Å². The molecule has 0 bridgehead atoms. The molecule has 17 heavy (non-hydrogen) atoms. The van der Waals surface area contributed by atoms with E-state index in [4.69, 9.17) is 14.8 Å². The van der Waals surface area contributed by atoms with E-state index in [1.165, 1.54) is 24.3 Å². The van der Waals surface area contributed by atoms with E-state index < -0.39 is 27.0 Å². The number of carbonyl (C=O) groups excluding carboxylic acids is 1. The van der Waals surface area contributed by atoms with Crippen molar-refractivity contribution in [3.05, 3.63) is 35.4 Å². The highest BCUT2D eigenvalue weighted by Crippen LogP contribution is 2.34. The van der Waals surface area contributed by atoms with Crippen LogP contribution in [0.5, 0.6) is 5.75 Å². The zero-order valence-corrected chi connectivity index (χ0v) is 9.09. The third-order valence-electron chi connectivity index (χ3n) is 2.27. The lowest BCUT2D eigenvalue weighted by molar-refractivity contribution is -0.132. The standard InChI is InChI=1S/C9H6N2O5S/c10-11-7-8(17(13,14)15)5-3-1-2-4-6(5)16-9(7)12/h1-4,8H,(H,13,14,15). The summed E-state index contributed by atoms with van der Waals surface area (Å²) in [6, 6.07) is 5.77. The first kappa shape index (κ1) is 11.5. The van der Waals surface area contributed by atoms with Crippen molar-refractivity contribution in [1.29, 1.82) is 0 Å². The van der Waals surface area contributed by atoms with Crippen molar-refractivity contribution in [2.24, 2.45) is 0 Å². The minimum atomic E-state index is -4.63. The molecular formula is C9H6N2O5S. The molecule has 7 nitrogen and oxygen atoms in total. The zero-order valence-electron chi connectivity index (χ0n) is 8.27. The zero-order chi connectivity index (χ0) is 12.6. The summed E-state index contributed by atoms with van der Waals surface area (Å²) in [6.07, 6.45) is 0. The molecule has 0 fully saturated rings. The smallest absolute Gasteiger partial charge is 0.418 e. The third-order valence-corrected chi connectivity index (χ3v) is 3.34. The number of para-hydroxylation sites is 1. The molecule has 1 heterocycles. The number of carbonyl (C=O) groups is 1. The van der Waals surface area contributed by atoms with E-state index in [9.17, 15) is 13.2 Å². The first-order valence-corrected chi connectivity index (χ1v) is 5.95. The molecule has 0 saturated carbocycles. The van der Waals surface area contributed by atoms with Crippen LogP contribution in [-0.2, 0) is 14.9 Å². The lowest BCUT2D eigenvalue weighted by atomic mass is 10.0. The molecule has 1 aromatic rings. The van der Waals surface area contributed by atoms with E-state index in [1.54, 1.807) is 0 Å².